The van der Waals surface area contributed by atoms with Crippen LogP contribution in [0.15, 0.2) is 24.4 Å². The zero-order valence-corrected chi connectivity index (χ0v) is 10.5. The van der Waals surface area contributed by atoms with Crippen molar-refractivity contribution in [1.82, 2.24) is 9.78 Å². The summed E-state index contributed by atoms with van der Waals surface area (Å²) in [5.74, 6) is 0.511. The molecule has 16 heavy (non-hydrogen) atoms. The van der Waals surface area contributed by atoms with Gasteiger partial charge in [0.05, 0.1) is 17.8 Å². The number of hydrogen-bond donors (Lipinski definition) is 0. The third-order valence-corrected chi connectivity index (χ3v) is 3.35. The Morgan fingerprint density at radius 1 is 1.25 bits per heavy atom. The van der Waals surface area contributed by atoms with Gasteiger partial charge in [-0.3, -0.25) is 0 Å². The van der Waals surface area contributed by atoms with Crippen LogP contribution < -0.4 is 0 Å². The van der Waals surface area contributed by atoms with Gasteiger partial charge in [-0.1, -0.05) is 12.1 Å². The molecule has 1 aromatic carbocycles. The minimum atomic E-state index is 0.511. The number of aryl methyl sites for hydroxylation is 1. The standard InChI is InChI=1S/C13H15ClN2/c1-9-5-4-6-13(10(9)2)16-11(3)12(7-14)8-15-16/h4-6,8H,7H2,1-3H3. The molecule has 0 saturated heterocycles. The molecule has 0 aliphatic heterocycles. The van der Waals surface area contributed by atoms with E-state index in [-0.39, 0.29) is 0 Å². The molecular weight excluding hydrogens is 220 g/mol. The summed E-state index contributed by atoms with van der Waals surface area (Å²) >= 11 is 5.85. The summed E-state index contributed by atoms with van der Waals surface area (Å²) in [7, 11) is 0. The Labute approximate surface area is 101 Å². The zero-order valence-electron chi connectivity index (χ0n) is 9.79. The molecule has 1 aromatic heterocycles. The predicted octanol–water partition coefficient (Wildman–Crippen LogP) is 3.54. The number of hydrogen-bond acceptors (Lipinski definition) is 1. The van der Waals surface area contributed by atoms with Gasteiger partial charge in [0, 0.05) is 11.3 Å². The van der Waals surface area contributed by atoms with E-state index >= 15 is 0 Å². The van der Waals surface area contributed by atoms with Crippen molar-refractivity contribution in [1.29, 1.82) is 0 Å². The smallest absolute Gasteiger partial charge is 0.0680 e. The fourth-order valence-corrected chi connectivity index (χ4v) is 2.05. The first-order chi connectivity index (χ1) is 7.65. The minimum Gasteiger partial charge on any atom is -0.238 e. The lowest BCUT2D eigenvalue weighted by Crippen LogP contribution is -2.02. The van der Waals surface area contributed by atoms with E-state index in [0.717, 1.165) is 16.9 Å². The van der Waals surface area contributed by atoms with E-state index < -0.39 is 0 Å². The van der Waals surface area contributed by atoms with E-state index in [9.17, 15) is 0 Å². The van der Waals surface area contributed by atoms with E-state index in [1.54, 1.807) is 0 Å². The van der Waals surface area contributed by atoms with Gasteiger partial charge in [-0.15, -0.1) is 11.6 Å². The number of aromatic nitrogens is 2. The first-order valence-corrected chi connectivity index (χ1v) is 5.84. The third-order valence-electron chi connectivity index (χ3n) is 3.06. The monoisotopic (exact) mass is 234 g/mol. The summed E-state index contributed by atoms with van der Waals surface area (Å²) in [6, 6.07) is 6.25. The molecular formula is C13H15ClN2. The van der Waals surface area contributed by atoms with Crippen molar-refractivity contribution in [2.24, 2.45) is 0 Å². The maximum absolute atomic E-state index is 5.85. The van der Waals surface area contributed by atoms with Crippen LogP contribution in [0.1, 0.15) is 22.4 Å². The lowest BCUT2D eigenvalue weighted by molar-refractivity contribution is 0.837. The quantitative estimate of drug-likeness (QED) is 0.727. The van der Waals surface area contributed by atoms with Gasteiger partial charge in [0.1, 0.15) is 0 Å². The number of nitrogens with zero attached hydrogens (tertiary/aromatic N) is 2. The number of alkyl halides is 1. The maximum Gasteiger partial charge on any atom is 0.0680 e. The Bertz CT molecular complexity index is 515. The second kappa shape index (κ2) is 4.30. The Morgan fingerprint density at radius 2 is 2.00 bits per heavy atom. The van der Waals surface area contributed by atoms with E-state index in [2.05, 4.69) is 37.1 Å². The Morgan fingerprint density at radius 3 is 2.62 bits per heavy atom. The molecule has 0 N–H and O–H groups in total. The molecule has 84 valence electrons. The van der Waals surface area contributed by atoms with Crippen molar-refractivity contribution in [3.05, 3.63) is 46.8 Å². The summed E-state index contributed by atoms with van der Waals surface area (Å²) < 4.78 is 1.96. The first-order valence-electron chi connectivity index (χ1n) is 5.31. The lowest BCUT2D eigenvalue weighted by Gasteiger charge is -2.10. The summed E-state index contributed by atoms with van der Waals surface area (Å²) in [4.78, 5) is 0. The fourth-order valence-electron chi connectivity index (χ4n) is 1.78. The van der Waals surface area contributed by atoms with Crippen molar-refractivity contribution in [2.45, 2.75) is 26.7 Å². The Balaban J connectivity index is 2.59. The highest BCUT2D eigenvalue weighted by Gasteiger charge is 2.09. The molecule has 2 aromatic rings. The molecule has 0 atom stereocenters. The molecule has 0 spiro atoms. The van der Waals surface area contributed by atoms with Gasteiger partial charge < -0.3 is 0 Å². The van der Waals surface area contributed by atoms with Crippen LogP contribution >= 0.6 is 11.6 Å². The normalized spacial score (nSPS) is 10.8. The molecule has 0 amide bonds. The largest absolute Gasteiger partial charge is 0.238 e. The number of rotatable bonds is 2. The topological polar surface area (TPSA) is 17.8 Å². The summed E-state index contributed by atoms with van der Waals surface area (Å²) in [5.41, 5.74) is 5.87. The van der Waals surface area contributed by atoms with E-state index in [4.69, 9.17) is 11.6 Å². The van der Waals surface area contributed by atoms with E-state index in [0.29, 0.717) is 5.88 Å². The van der Waals surface area contributed by atoms with Gasteiger partial charge in [-0.05, 0) is 38.0 Å². The van der Waals surface area contributed by atoms with Crippen molar-refractivity contribution >= 4 is 11.6 Å². The van der Waals surface area contributed by atoms with Gasteiger partial charge in [0.25, 0.3) is 0 Å². The van der Waals surface area contributed by atoms with Gasteiger partial charge in [-0.25, -0.2) is 4.68 Å². The van der Waals surface area contributed by atoms with Gasteiger partial charge in [0.2, 0.25) is 0 Å². The summed E-state index contributed by atoms with van der Waals surface area (Å²) in [5, 5.41) is 4.39. The highest BCUT2D eigenvalue weighted by molar-refractivity contribution is 6.17. The van der Waals surface area contributed by atoms with Gasteiger partial charge in [-0.2, -0.15) is 5.10 Å². The summed E-state index contributed by atoms with van der Waals surface area (Å²) in [6.07, 6.45) is 1.84. The molecule has 2 rings (SSSR count). The average Bonchev–Trinajstić information content (AvgIpc) is 2.64. The van der Waals surface area contributed by atoms with Gasteiger partial charge in [0.15, 0.2) is 0 Å². The predicted molar refractivity (Wildman–Crippen MR) is 67.3 cm³/mol. The molecule has 3 heteroatoms. The average molecular weight is 235 g/mol. The van der Waals surface area contributed by atoms with E-state index in [1.165, 1.54) is 11.1 Å². The SMILES string of the molecule is Cc1cccc(-n2ncc(CCl)c2C)c1C. The molecule has 0 fully saturated rings. The van der Waals surface area contributed by atoms with E-state index in [1.807, 2.05) is 17.8 Å². The van der Waals surface area contributed by atoms with Crippen LogP contribution in [0.2, 0.25) is 0 Å². The molecule has 0 aliphatic rings. The van der Waals surface area contributed by atoms with Crippen molar-refractivity contribution in [3.8, 4) is 5.69 Å². The first kappa shape index (κ1) is 11.2. The Hall–Kier alpha value is -1.28. The second-order valence-electron chi connectivity index (χ2n) is 4.02. The minimum absolute atomic E-state index is 0.511. The van der Waals surface area contributed by atoms with Crippen molar-refractivity contribution < 1.29 is 0 Å². The van der Waals surface area contributed by atoms with Crippen LogP contribution in [-0.2, 0) is 5.88 Å². The fraction of sp³-hybridized carbons (Fsp3) is 0.308. The second-order valence-corrected chi connectivity index (χ2v) is 4.29. The van der Waals surface area contributed by atoms with Crippen LogP contribution in [0.3, 0.4) is 0 Å². The molecule has 0 bridgehead atoms. The highest BCUT2D eigenvalue weighted by atomic mass is 35.5. The van der Waals surface area contributed by atoms with Crippen LogP contribution in [0.5, 0.6) is 0 Å². The molecule has 2 nitrogen and oxygen atoms in total. The molecule has 0 aliphatic carbocycles. The molecule has 1 heterocycles. The number of benzene rings is 1. The number of halogens is 1. The van der Waals surface area contributed by atoms with Crippen LogP contribution in [0, 0.1) is 20.8 Å². The zero-order chi connectivity index (χ0) is 11.7. The Kier molecular flexibility index (Phi) is 3.01. The van der Waals surface area contributed by atoms with Crippen LogP contribution in [0.4, 0.5) is 0 Å². The van der Waals surface area contributed by atoms with Crippen molar-refractivity contribution in [2.75, 3.05) is 0 Å². The summed E-state index contributed by atoms with van der Waals surface area (Å²) in [6.45, 7) is 6.28. The lowest BCUT2D eigenvalue weighted by atomic mass is 10.1. The van der Waals surface area contributed by atoms with Crippen LogP contribution in [-0.4, -0.2) is 9.78 Å². The van der Waals surface area contributed by atoms with Gasteiger partial charge >= 0.3 is 0 Å². The highest BCUT2D eigenvalue weighted by Crippen LogP contribution is 2.20. The molecule has 0 saturated carbocycles. The van der Waals surface area contributed by atoms with Crippen molar-refractivity contribution in [3.63, 3.8) is 0 Å². The molecule has 0 unspecified atom stereocenters. The maximum atomic E-state index is 5.85. The third kappa shape index (κ3) is 1.74. The van der Waals surface area contributed by atoms with Crippen LogP contribution in [0.25, 0.3) is 5.69 Å². The molecule has 0 radical (unpaired) electrons.